The zero-order valence-electron chi connectivity index (χ0n) is 15.9. The summed E-state index contributed by atoms with van der Waals surface area (Å²) < 4.78 is 2.02. The molecule has 0 atom stereocenters. The number of carboxylic acid groups (broad SMARTS) is 1. The van der Waals surface area contributed by atoms with E-state index in [2.05, 4.69) is 31.2 Å². The van der Waals surface area contributed by atoms with E-state index in [0.717, 1.165) is 49.2 Å². The molecule has 1 aromatic rings. The van der Waals surface area contributed by atoms with Crippen molar-refractivity contribution in [3.05, 3.63) is 17.0 Å². The molecule has 0 radical (unpaired) electrons. The Morgan fingerprint density at radius 1 is 1.28 bits per heavy atom. The maximum Gasteiger partial charge on any atom is 0.305 e. The largest absolute Gasteiger partial charge is 0.481 e. The van der Waals surface area contributed by atoms with Crippen LogP contribution in [-0.2, 0) is 22.6 Å². The molecule has 0 saturated heterocycles. The summed E-state index contributed by atoms with van der Waals surface area (Å²) in [5.41, 5.74) is 2.69. The van der Waals surface area contributed by atoms with Crippen LogP contribution in [0.15, 0.2) is 0 Å². The highest BCUT2D eigenvalue weighted by molar-refractivity contribution is 5.78. The van der Waals surface area contributed by atoms with Crippen molar-refractivity contribution >= 4 is 11.9 Å². The summed E-state index contributed by atoms with van der Waals surface area (Å²) in [6, 6.07) is 0. The van der Waals surface area contributed by atoms with Crippen LogP contribution in [0.25, 0.3) is 0 Å². The Morgan fingerprint density at radius 3 is 2.48 bits per heavy atom. The van der Waals surface area contributed by atoms with E-state index in [1.165, 1.54) is 0 Å². The number of nitrogens with zero attached hydrogens (tertiary/aromatic N) is 2. The van der Waals surface area contributed by atoms with E-state index in [4.69, 9.17) is 5.11 Å². The maximum absolute atomic E-state index is 12.4. The van der Waals surface area contributed by atoms with Gasteiger partial charge < -0.3 is 10.4 Å². The van der Waals surface area contributed by atoms with Gasteiger partial charge in [-0.2, -0.15) is 5.10 Å². The number of hydrogen-bond donors (Lipinski definition) is 2. The van der Waals surface area contributed by atoms with Crippen LogP contribution in [0.4, 0.5) is 0 Å². The molecule has 0 unspecified atom stereocenters. The average Bonchev–Trinajstić information content (AvgIpc) is 3.02. The van der Waals surface area contributed by atoms with Crippen molar-refractivity contribution in [2.24, 2.45) is 5.92 Å². The summed E-state index contributed by atoms with van der Waals surface area (Å²) in [6.07, 6.45) is 4.51. The molecule has 140 valence electrons. The number of carbonyl (C=O) groups excluding carboxylic acids is 1. The molecule has 1 aromatic heterocycles. The normalized spacial score (nSPS) is 16.4. The molecule has 1 amide bonds. The van der Waals surface area contributed by atoms with Crippen molar-refractivity contribution < 1.29 is 14.7 Å². The van der Waals surface area contributed by atoms with Gasteiger partial charge in [0.05, 0.1) is 17.7 Å². The predicted molar refractivity (Wildman–Crippen MR) is 96.5 cm³/mol. The number of rotatable bonds is 8. The average molecular weight is 349 g/mol. The molecule has 0 aliphatic heterocycles. The third-order valence-corrected chi connectivity index (χ3v) is 5.13. The fraction of sp³-hybridized carbons (Fsp3) is 0.737. The van der Waals surface area contributed by atoms with E-state index in [1.807, 2.05) is 11.6 Å². The number of aliphatic carboxylic acids is 1. The standard InChI is InChI=1S/C19H31N3O3/c1-13(2)12-22-15(4)16(14(3)21-22)7-8-17(23)20-19(11-18(24)25)9-5-6-10-19/h13H,5-12H2,1-4H3,(H,20,23)(H,24,25). The zero-order valence-corrected chi connectivity index (χ0v) is 15.9. The molecule has 0 aromatic carbocycles. The van der Waals surface area contributed by atoms with E-state index in [9.17, 15) is 9.59 Å². The van der Waals surface area contributed by atoms with Gasteiger partial charge in [0.1, 0.15) is 0 Å². The molecule has 6 heteroatoms. The van der Waals surface area contributed by atoms with Crippen molar-refractivity contribution in [3.8, 4) is 0 Å². The zero-order chi connectivity index (χ0) is 18.6. The van der Waals surface area contributed by atoms with Gasteiger partial charge in [-0.1, -0.05) is 26.7 Å². The minimum Gasteiger partial charge on any atom is -0.481 e. The number of nitrogens with one attached hydrogen (secondary N) is 1. The van der Waals surface area contributed by atoms with Crippen molar-refractivity contribution in [1.82, 2.24) is 15.1 Å². The highest BCUT2D eigenvalue weighted by atomic mass is 16.4. The number of aromatic nitrogens is 2. The van der Waals surface area contributed by atoms with Gasteiger partial charge in [-0.3, -0.25) is 14.3 Å². The lowest BCUT2D eigenvalue weighted by atomic mass is 9.92. The molecule has 0 bridgehead atoms. The van der Waals surface area contributed by atoms with E-state index in [0.29, 0.717) is 18.8 Å². The molecule has 2 N–H and O–H groups in total. The Kier molecular flexibility index (Phi) is 6.25. The van der Waals surface area contributed by atoms with Crippen LogP contribution in [-0.4, -0.2) is 32.3 Å². The molecule has 6 nitrogen and oxygen atoms in total. The second kappa shape index (κ2) is 8.02. The Balaban J connectivity index is 1.98. The highest BCUT2D eigenvalue weighted by Crippen LogP contribution is 2.32. The topological polar surface area (TPSA) is 84.2 Å². The third kappa shape index (κ3) is 5.06. The first-order chi connectivity index (χ1) is 11.7. The highest BCUT2D eigenvalue weighted by Gasteiger charge is 2.37. The fourth-order valence-corrected chi connectivity index (χ4v) is 3.90. The second-order valence-electron chi connectivity index (χ2n) is 7.83. The van der Waals surface area contributed by atoms with Crippen LogP contribution in [0.1, 0.15) is 69.3 Å². The summed E-state index contributed by atoms with van der Waals surface area (Å²) >= 11 is 0. The van der Waals surface area contributed by atoms with Gasteiger partial charge in [0.15, 0.2) is 0 Å². The lowest BCUT2D eigenvalue weighted by Gasteiger charge is -2.28. The number of hydrogen-bond acceptors (Lipinski definition) is 3. The fourth-order valence-electron chi connectivity index (χ4n) is 3.90. The lowest BCUT2D eigenvalue weighted by molar-refractivity contribution is -0.139. The first kappa shape index (κ1) is 19.5. The van der Waals surface area contributed by atoms with Gasteiger partial charge in [-0.25, -0.2) is 0 Å². The number of amides is 1. The van der Waals surface area contributed by atoms with Gasteiger partial charge in [-0.05, 0) is 44.6 Å². The van der Waals surface area contributed by atoms with Crippen LogP contribution in [0, 0.1) is 19.8 Å². The van der Waals surface area contributed by atoms with Gasteiger partial charge in [-0.15, -0.1) is 0 Å². The molecule has 0 spiro atoms. The van der Waals surface area contributed by atoms with Crippen LogP contribution in [0.5, 0.6) is 0 Å². The monoisotopic (exact) mass is 349 g/mol. The van der Waals surface area contributed by atoms with Crippen molar-refractivity contribution in [1.29, 1.82) is 0 Å². The first-order valence-corrected chi connectivity index (χ1v) is 9.28. The van der Waals surface area contributed by atoms with E-state index in [1.54, 1.807) is 0 Å². The van der Waals surface area contributed by atoms with E-state index in [-0.39, 0.29) is 12.3 Å². The summed E-state index contributed by atoms with van der Waals surface area (Å²) in [5.74, 6) is -0.380. The van der Waals surface area contributed by atoms with Crippen LogP contribution in [0.3, 0.4) is 0 Å². The molecular weight excluding hydrogens is 318 g/mol. The lowest BCUT2D eigenvalue weighted by Crippen LogP contribution is -2.47. The number of aryl methyl sites for hydroxylation is 1. The Labute approximate surface area is 150 Å². The SMILES string of the molecule is Cc1nn(CC(C)C)c(C)c1CCC(=O)NC1(CC(=O)O)CCCC1. The summed E-state index contributed by atoms with van der Waals surface area (Å²) in [4.78, 5) is 23.6. The minimum absolute atomic E-state index is 0.0170. The molecular formula is C19H31N3O3. The summed E-state index contributed by atoms with van der Waals surface area (Å²) in [7, 11) is 0. The van der Waals surface area contributed by atoms with Gasteiger partial charge in [0.2, 0.25) is 5.91 Å². The van der Waals surface area contributed by atoms with Crippen LogP contribution in [0.2, 0.25) is 0 Å². The Morgan fingerprint density at radius 2 is 1.92 bits per heavy atom. The van der Waals surface area contributed by atoms with Gasteiger partial charge in [0, 0.05) is 18.7 Å². The maximum atomic E-state index is 12.4. The first-order valence-electron chi connectivity index (χ1n) is 9.28. The number of carbonyl (C=O) groups is 2. The predicted octanol–water partition coefficient (Wildman–Crippen LogP) is 2.99. The Hall–Kier alpha value is -1.85. The van der Waals surface area contributed by atoms with Crippen LogP contribution < -0.4 is 5.32 Å². The van der Waals surface area contributed by atoms with Gasteiger partial charge in [0.25, 0.3) is 0 Å². The van der Waals surface area contributed by atoms with Crippen molar-refractivity contribution in [2.45, 2.75) is 84.7 Å². The molecule has 25 heavy (non-hydrogen) atoms. The van der Waals surface area contributed by atoms with E-state index < -0.39 is 11.5 Å². The third-order valence-electron chi connectivity index (χ3n) is 5.13. The van der Waals surface area contributed by atoms with Gasteiger partial charge >= 0.3 is 5.97 Å². The second-order valence-corrected chi connectivity index (χ2v) is 7.83. The molecule has 1 saturated carbocycles. The van der Waals surface area contributed by atoms with E-state index >= 15 is 0 Å². The minimum atomic E-state index is -0.844. The molecule has 1 heterocycles. The molecule has 2 rings (SSSR count). The molecule has 1 aliphatic carbocycles. The van der Waals surface area contributed by atoms with Crippen molar-refractivity contribution in [3.63, 3.8) is 0 Å². The summed E-state index contributed by atoms with van der Waals surface area (Å²) in [6.45, 7) is 9.24. The van der Waals surface area contributed by atoms with Crippen LogP contribution >= 0.6 is 0 Å². The quantitative estimate of drug-likeness (QED) is 0.755. The smallest absolute Gasteiger partial charge is 0.305 e. The number of carboxylic acids is 1. The Bertz CT molecular complexity index is 628. The van der Waals surface area contributed by atoms with Crippen molar-refractivity contribution in [2.75, 3.05) is 0 Å². The molecule has 1 fully saturated rings. The summed E-state index contributed by atoms with van der Waals surface area (Å²) in [5, 5.41) is 16.8. The molecule has 1 aliphatic rings.